The minimum absolute atomic E-state index is 0.127. The molecule has 2 N–H and O–H groups in total. The van der Waals surface area contributed by atoms with Crippen molar-refractivity contribution < 1.29 is 9.59 Å². The topological polar surface area (TPSA) is 88.4 Å². The van der Waals surface area contributed by atoms with Crippen LogP contribution >= 0.6 is 11.6 Å². The number of carbonyl (C=O) groups excluding carboxylic acids is 2. The Morgan fingerprint density at radius 2 is 1.93 bits per heavy atom. The minimum atomic E-state index is -0.765. The number of carbonyl (C=O) groups is 2. The second-order valence-corrected chi connectivity index (χ2v) is 6.33. The van der Waals surface area contributed by atoms with Crippen LogP contribution in [0.4, 0.5) is 5.69 Å². The first-order valence-corrected chi connectivity index (χ1v) is 8.53. The summed E-state index contributed by atoms with van der Waals surface area (Å²) in [6.45, 7) is 0.127. The molecule has 0 unspecified atom stereocenters. The number of hydrogen-bond donors (Lipinski definition) is 2. The third-order valence-electron chi connectivity index (χ3n) is 3.95. The van der Waals surface area contributed by atoms with Crippen LogP contribution in [0.15, 0.2) is 61.1 Å². The SMILES string of the molecule is O=C(NCc1cn2cc(Cl)ccc2n1)C(=O)Nc1cnc2ccccc2c1. The lowest BCUT2D eigenvalue weighted by atomic mass is 10.2. The van der Waals surface area contributed by atoms with E-state index in [0.717, 1.165) is 10.9 Å². The zero-order valence-electron chi connectivity index (χ0n) is 14.0. The van der Waals surface area contributed by atoms with Crippen LogP contribution in [0, 0.1) is 0 Å². The maximum absolute atomic E-state index is 12.1. The van der Waals surface area contributed by atoms with Crippen LogP contribution in [0.3, 0.4) is 0 Å². The minimum Gasteiger partial charge on any atom is -0.342 e. The number of benzene rings is 1. The van der Waals surface area contributed by atoms with E-state index in [0.29, 0.717) is 22.1 Å². The molecule has 7 nitrogen and oxygen atoms in total. The summed E-state index contributed by atoms with van der Waals surface area (Å²) in [6, 6.07) is 12.8. The smallest absolute Gasteiger partial charge is 0.313 e. The van der Waals surface area contributed by atoms with Gasteiger partial charge in [-0.3, -0.25) is 14.6 Å². The molecule has 8 heteroatoms. The van der Waals surface area contributed by atoms with Gasteiger partial charge in [-0.15, -0.1) is 0 Å². The summed E-state index contributed by atoms with van der Waals surface area (Å²) in [4.78, 5) is 32.7. The highest BCUT2D eigenvalue weighted by Crippen LogP contribution is 2.16. The van der Waals surface area contributed by atoms with E-state index in [2.05, 4.69) is 20.6 Å². The molecular formula is C19H14ClN5O2. The lowest BCUT2D eigenvalue weighted by Crippen LogP contribution is -2.35. The zero-order valence-corrected chi connectivity index (χ0v) is 14.8. The number of imidazole rings is 1. The zero-order chi connectivity index (χ0) is 18.8. The number of fused-ring (bicyclic) bond motifs is 2. The number of halogens is 1. The molecule has 2 amide bonds. The molecule has 0 fully saturated rings. The number of aromatic nitrogens is 3. The monoisotopic (exact) mass is 379 g/mol. The van der Waals surface area contributed by atoms with E-state index in [-0.39, 0.29) is 6.54 Å². The van der Waals surface area contributed by atoms with Gasteiger partial charge < -0.3 is 15.0 Å². The molecule has 0 bridgehead atoms. The molecular weight excluding hydrogens is 366 g/mol. The van der Waals surface area contributed by atoms with Gasteiger partial charge >= 0.3 is 11.8 Å². The second-order valence-electron chi connectivity index (χ2n) is 5.90. The van der Waals surface area contributed by atoms with E-state index in [4.69, 9.17) is 11.6 Å². The van der Waals surface area contributed by atoms with Gasteiger partial charge in [0.2, 0.25) is 0 Å². The Balaban J connectivity index is 1.40. The molecule has 4 aromatic rings. The number of anilines is 1. The normalized spacial score (nSPS) is 10.9. The van der Waals surface area contributed by atoms with Crippen molar-refractivity contribution in [3.63, 3.8) is 0 Å². The second kappa shape index (κ2) is 7.05. The van der Waals surface area contributed by atoms with E-state index < -0.39 is 11.8 Å². The first kappa shape index (κ1) is 17.0. The van der Waals surface area contributed by atoms with Gasteiger partial charge in [0.1, 0.15) is 5.65 Å². The lowest BCUT2D eigenvalue weighted by Gasteiger charge is -2.06. The number of nitrogens with one attached hydrogen (secondary N) is 2. The van der Waals surface area contributed by atoms with E-state index >= 15 is 0 Å². The lowest BCUT2D eigenvalue weighted by molar-refractivity contribution is -0.136. The van der Waals surface area contributed by atoms with Gasteiger partial charge in [0.05, 0.1) is 34.7 Å². The van der Waals surface area contributed by atoms with Crippen molar-refractivity contribution in [3.05, 3.63) is 71.8 Å². The number of amides is 2. The summed E-state index contributed by atoms with van der Waals surface area (Å²) < 4.78 is 1.75. The molecule has 1 aromatic carbocycles. The highest BCUT2D eigenvalue weighted by molar-refractivity contribution is 6.39. The molecule has 0 saturated carbocycles. The molecule has 134 valence electrons. The summed E-state index contributed by atoms with van der Waals surface area (Å²) in [5.41, 5.74) is 2.59. The first-order chi connectivity index (χ1) is 13.1. The Hall–Kier alpha value is -3.45. The van der Waals surface area contributed by atoms with Crippen molar-refractivity contribution in [2.45, 2.75) is 6.54 Å². The summed E-state index contributed by atoms with van der Waals surface area (Å²) in [5.74, 6) is -1.52. The van der Waals surface area contributed by atoms with Gasteiger partial charge in [0.15, 0.2) is 0 Å². The Morgan fingerprint density at radius 3 is 2.81 bits per heavy atom. The van der Waals surface area contributed by atoms with Crippen LogP contribution in [-0.4, -0.2) is 26.2 Å². The van der Waals surface area contributed by atoms with Gasteiger partial charge in [-0.05, 0) is 24.3 Å². The Kier molecular flexibility index (Phi) is 4.43. The van der Waals surface area contributed by atoms with E-state index in [9.17, 15) is 9.59 Å². The van der Waals surface area contributed by atoms with Gasteiger partial charge in [-0.25, -0.2) is 4.98 Å². The maximum Gasteiger partial charge on any atom is 0.313 e. The van der Waals surface area contributed by atoms with E-state index in [1.807, 2.05) is 24.3 Å². The molecule has 3 heterocycles. The highest BCUT2D eigenvalue weighted by atomic mass is 35.5. The number of hydrogen-bond acceptors (Lipinski definition) is 4. The molecule has 0 radical (unpaired) electrons. The average Bonchev–Trinajstić information content (AvgIpc) is 3.08. The summed E-state index contributed by atoms with van der Waals surface area (Å²) in [5, 5.41) is 6.56. The van der Waals surface area contributed by atoms with Crippen molar-refractivity contribution in [3.8, 4) is 0 Å². The fourth-order valence-corrected chi connectivity index (χ4v) is 2.85. The predicted octanol–water partition coefficient (Wildman–Crippen LogP) is 2.79. The van der Waals surface area contributed by atoms with Crippen LogP contribution in [-0.2, 0) is 16.1 Å². The number of rotatable bonds is 3. The predicted molar refractivity (Wildman–Crippen MR) is 102 cm³/mol. The fraction of sp³-hybridized carbons (Fsp3) is 0.0526. The Morgan fingerprint density at radius 1 is 1.07 bits per heavy atom. The van der Waals surface area contributed by atoms with Crippen LogP contribution in [0.5, 0.6) is 0 Å². The molecule has 4 rings (SSSR count). The molecule has 0 saturated heterocycles. The van der Waals surface area contributed by atoms with Crippen LogP contribution in [0.2, 0.25) is 5.02 Å². The Labute approximate surface area is 159 Å². The third kappa shape index (κ3) is 3.73. The molecule has 0 spiro atoms. The molecule has 0 aliphatic rings. The van der Waals surface area contributed by atoms with Gasteiger partial charge in [-0.2, -0.15) is 0 Å². The highest BCUT2D eigenvalue weighted by Gasteiger charge is 2.14. The number of para-hydroxylation sites is 1. The molecule has 3 aromatic heterocycles. The van der Waals surface area contributed by atoms with E-state index in [1.165, 1.54) is 6.20 Å². The van der Waals surface area contributed by atoms with Crippen molar-refractivity contribution >= 4 is 45.7 Å². The molecule has 0 aliphatic heterocycles. The first-order valence-electron chi connectivity index (χ1n) is 8.15. The largest absolute Gasteiger partial charge is 0.342 e. The van der Waals surface area contributed by atoms with Crippen LogP contribution < -0.4 is 10.6 Å². The third-order valence-corrected chi connectivity index (χ3v) is 4.17. The summed E-state index contributed by atoms with van der Waals surface area (Å²) >= 11 is 5.93. The number of nitrogens with zero attached hydrogens (tertiary/aromatic N) is 3. The van der Waals surface area contributed by atoms with Crippen LogP contribution in [0.1, 0.15) is 5.69 Å². The summed E-state index contributed by atoms with van der Waals surface area (Å²) in [6.07, 6.45) is 4.97. The van der Waals surface area contributed by atoms with Crippen molar-refractivity contribution in [2.75, 3.05) is 5.32 Å². The molecule has 27 heavy (non-hydrogen) atoms. The fourth-order valence-electron chi connectivity index (χ4n) is 2.68. The van der Waals surface area contributed by atoms with Gasteiger partial charge in [-0.1, -0.05) is 29.8 Å². The summed E-state index contributed by atoms with van der Waals surface area (Å²) in [7, 11) is 0. The van der Waals surface area contributed by atoms with Gasteiger partial charge in [0, 0.05) is 17.8 Å². The van der Waals surface area contributed by atoms with Crippen molar-refractivity contribution in [1.29, 1.82) is 0 Å². The quantitative estimate of drug-likeness (QED) is 0.536. The van der Waals surface area contributed by atoms with E-state index in [1.54, 1.807) is 35.0 Å². The average molecular weight is 380 g/mol. The maximum atomic E-state index is 12.1. The van der Waals surface area contributed by atoms with Crippen molar-refractivity contribution in [1.82, 2.24) is 19.7 Å². The molecule has 0 aliphatic carbocycles. The van der Waals surface area contributed by atoms with Crippen LogP contribution in [0.25, 0.3) is 16.6 Å². The van der Waals surface area contributed by atoms with Crippen molar-refractivity contribution in [2.24, 2.45) is 0 Å². The molecule has 0 atom stereocenters. The number of pyridine rings is 2. The standard InChI is InChI=1S/C19H14ClN5O2/c20-13-5-6-17-23-15(11-25(17)10-13)9-22-18(26)19(27)24-14-7-12-3-1-2-4-16(12)21-8-14/h1-8,10-11H,9H2,(H,22,26)(H,24,27). The van der Waals surface area contributed by atoms with Gasteiger partial charge in [0.25, 0.3) is 0 Å². The Bertz CT molecular complexity index is 1170.